The van der Waals surface area contributed by atoms with Crippen molar-refractivity contribution >= 4 is 21.4 Å². The molecule has 0 unspecified atom stereocenters. The maximum Gasteiger partial charge on any atom is 0.268 e. The first-order chi connectivity index (χ1) is 14.3. The number of hydrogen-bond donors (Lipinski definition) is 0. The zero-order valence-corrected chi connectivity index (χ0v) is 17.9. The molecule has 4 aromatic rings. The summed E-state index contributed by atoms with van der Waals surface area (Å²) >= 11 is 1.25. The quantitative estimate of drug-likeness (QED) is 0.430. The van der Waals surface area contributed by atoms with Crippen molar-refractivity contribution in [2.75, 3.05) is 7.05 Å². The van der Waals surface area contributed by atoms with Gasteiger partial charge in [-0.15, -0.1) is 11.3 Å². The van der Waals surface area contributed by atoms with Crippen LogP contribution in [0.5, 0.6) is 0 Å². The lowest BCUT2D eigenvalue weighted by Crippen LogP contribution is -2.26. The number of aryl methyl sites for hydroxylation is 1. The van der Waals surface area contributed by atoms with Crippen LogP contribution in [0, 0.1) is 12.7 Å². The lowest BCUT2D eigenvalue weighted by molar-refractivity contribution is 0.433. The van der Waals surface area contributed by atoms with Crippen molar-refractivity contribution in [3.05, 3.63) is 76.9 Å². The molecule has 0 bridgehead atoms. The second kappa shape index (κ2) is 8.10. The topological polar surface area (TPSA) is 76.3 Å². The molecule has 2 aromatic carbocycles. The minimum absolute atomic E-state index is 0.189. The fourth-order valence-electron chi connectivity index (χ4n) is 2.99. The van der Waals surface area contributed by atoms with Crippen LogP contribution < -0.4 is 0 Å². The number of aromatic nitrogens is 2. The molecular weight excluding hydrogens is 425 g/mol. The van der Waals surface area contributed by atoms with Crippen LogP contribution in [0.15, 0.2) is 70.1 Å². The molecule has 0 atom stereocenters. The monoisotopic (exact) mass is 443 g/mol. The van der Waals surface area contributed by atoms with Gasteiger partial charge in [0.05, 0.1) is 9.77 Å². The minimum Gasteiger partial charge on any atom is -0.333 e. The molecule has 0 saturated carbocycles. The summed E-state index contributed by atoms with van der Waals surface area (Å²) in [4.78, 5) is 5.66. The molecular formula is C21H18FN3O3S2. The van der Waals surface area contributed by atoms with Crippen LogP contribution in [0.25, 0.3) is 22.2 Å². The SMILES string of the molecule is Cc1sc(-c2nc(-c3cccc(F)c3)no2)cc1S(=O)(=O)N(C)Cc1ccccc1. The molecule has 2 aromatic heterocycles. The molecule has 4 rings (SSSR count). The number of nitrogens with zero attached hydrogens (tertiary/aromatic N) is 3. The number of thiophene rings is 1. The average Bonchev–Trinajstić information content (AvgIpc) is 3.36. The number of halogens is 1. The Morgan fingerprint density at radius 3 is 2.60 bits per heavy atom. The standard InChI is InChI=1S/C21H18FN3O3S2/c1-14-19(30(26,27)25(2)13-15-7-4-3-5-8-15)12-18(29-14)21-23-20(24-28-21)16-9-6-10-17(22)11-16/h3-12H,13H2,1-2H3. The van der Waals surface area contributed by atoms with Crippen LogP contribution in [0.4, 0.5) is 4.39 Å². The molecule has 9 heteroatoms. The first kappa shape index (κ1) is 20.4. The maximum atomic E-state index is 13.4. The van der Waals surface area contributed by atoms with Gasteiger partial charge in [-0.05, 0) is 30.7 Å². The molecule has 30 heavy (non-hydrogen) atoms. The lowest BCUT2D eigenvalue weighted by Gasteiger charge is -2.17. The van der Waals surface area contributed by atoms with Gasteiger partial charge in [-0.25, -0.2) is 12.8 Å². The third-order valence-corrected chi connectivity index (χ3v) is 7.63. The predicted octanol–water partition coefficient (Wildman–Crippen LogP) is 4.73. The van der Waals surface area contributed by atoms with Crippen molar-refractivity contribution < 1.29 is 17.3 Å². The Morgan fingerprint density at radius 1 is 1.10 bits per heavy atom. The number of sulfonamides is 1. The predicted molar refractivity (Wildman–Crippen MR) is 113 cm³/mol. The molecule has 0 aliphatic heterocycles. The first-order valence-corrected chi connectivity index (χ1v) is 11.3. The molecule has 0 fully saturated rings. The molecule has 6 nitrogen and oxygen atoms in total. The van der Waals surface area contributed by atoms with E-state index in [1.807, 2.05) is 30.3 Å². The Bertz CT molecular complexity index is 1280. The Morgan fingerprint density at radius 2 is 1.87 bits per heavy atom. The van der Waals surface area contributed by atoms with Gasteiger partial charge in [-0.1, -0.05) is 47.6 Å². The molecule has 0 amide bonds. The van der Waals surface area contributed by atoms with Gasteiger partial charge in [-0.2, -0.15) is 9.29 Å². The summed E-state index contributed by atoms with van der Waals surface area (Å²) in [7, 11) is -2.15. The van der Waals surface area contributed by atoms with Crippen molar-refractivity contribution in [2.45, 2.75) is 18.4 Å². The average molecular weight is 444 g/mol. The zero-order valence-electron chi connectivity index (χ0n) is 16.2. The van der Waals surface area contributed by atoms with Crippen LogP contribution in [0.3, 0.4) is 0 Å². The van der Waals surface area contributed by atoms with Gasteiger partial charge in [0.15, 0.2) is 0 Å². The molecule has 0 spiro atoms. The molecule has 0 aliphatic rings. The molecule has 0 N–H and O–H groups in total. The third kappa shape index (κ3) is 4.04. The lowest BCUT2D eigenvalue weighted by atomic mass is 10.2. The maximum absolute atomic E-state index is 13.4. The van der Waals surface area contributed by atoms with Crippen LogP contribution in [0.1, 0.15) is 10.4 Å². The van der Waals surface area contributed by atoms with Crippen molar-refractivity contribution in [3.63, 3.8) is 0 Å². The first-order valence-electron chi connectivity index (χ1n) is 9.05. The minimum atomic E-state index is -3.70. The highest BCUT2D eigenvalue weighted by Gasteiger charge is 2.27. The largest absolute Gasteiger partial charge is 0.333 e. The fourth-order valence-corrected chi connectivity index (χ4v) is 5.63. The number of rotatable bonds is 6. The molecule has 0 radical (unpaired) electrons. The van der Waals surface area contributed by atoms with Crippen LogP contribution in [-0.4, -0.2) is 29.9 Å². The zero-order chi connectivity index (χ0) is 21.3. The van der Waals surface area contributed by atoms with E-state index < -0.39 is 15.8 Å². The Balaban J connectivity index is 1.62. The van der Waals surface area contributed by atoms with E-state index in [-0.39, 0.29) is 23.2 Å². The third-order valence-electron chi connectivity index (χ3n) is 4.53. The Hall–Kier alpha value is -2.88. The van der Waals surface area contributed by atoms with Crippen LogP contribution in [0.2, 0.25) is 0 Å². The van der Waals surface area contributed by atoms with E-state index in [0.29, 0.717) is 15.3 Å². The van der Waals surface area contributed by atoms with E-state index in [2.05, 4.69) is 10.1 Å². The summed E-state index contributed by atoms with van der Waals surface area (Å²) in [6.45, 7) is 2.00. The van der Waals surface area contributed by atoms with Crippen molar-refractivity contribution in [3.8, 4) is 22.2 Å². The van der Waals surface area contributed by atoms with Crippen molar-refractivity contribution in [1.29, 1.82) is 0 Å². The van der Waals surface area contributed by atoms with E-state index >= 15 is 0 Å². The molecule has 2 heterocycles. The van der Waals surface area contributed by atoms with Gasteiger partial charge in [0.25, 0.3) is 5.89 Å². The van der Waals surface area contributed by atoms with E-state index in [0.717, 1.165) is 5.56 Å². The highest BCUT2D eigenvalue weighted by molar-refractivity contribution is 7.89. The van der Waals surface area contributed by atoms with E-state index in [1.165, 1.54) is 27.8 Å². The Labute approximate surface area is 177 Å². The van der Waals surface area contributed by atoms with Gasteiger partial charge in [0.2, 0.25) is 15.8 Å². The van der Waals surface area contributed by atoms with E-state index in [1.54, 1.807) is 32.2 Å². The van der Waals surface area contributed by atoms with Gasteiger partial charge >= 0.3 is 0 Å². The summed E-state index contributed by atoms with van der Waals surface area (Å²) in [5, 5.41) is 3.89. The van der Waals surface area contributed by atoms with Crippen LogP contribution >= 0.6 is 11.3 Å². The van der Waals surface area contributed by atoms with Crippen LogP contribution in [-0.2, 0) is 16.6 Å². The van der Waals surface area contributed by atoms with E-state index in [9.17, 15) is 12.8 Å². The van der Waals surface area contributed by atoms with Gasteiger partial charge in [0.1, 0.15) is 5.82 Å². The van der Waals surface area contributed by atoms with Gasteiger partial charge in [0, 0.05) is 24.0 Å². The molecule has 0 aliphatic carbocycles. The summed E-state index contributed by atoms with van der Waals surface area (Å²) < 4.78 is 46.2. The summed E-state index contributed by atoms with van der Waals surface area (Å²) in [6, 6.07) is 16.8. The molecule has 154 valence electrons. The highest BCUT2D eigenvalue weighted by atomic mass is 32.2. The number of hydrogen-bond acceptors (Lipinski definition) is 6. The van der Waals surface area contributed by atoms with Gasteiger partial charge in [-0.3, -0.25) is 0 Å². The Kier molecular flexibility index (Phi) is 5.50. The summed E-state index contributed by atoms with van der Waals surface area (Å²) in [5.41, 5.74) is 1.38. The van der Waals surface area contributed by atoms with E-state index in [4.69, 9.17) is 4.52 Å². The van der Waals surface area contributed by atoms with Crippen molar-refractivity contribution in [2.24, 2.45) is 0 Å². The normalized spacial score (nSPS) is 11.9. The second-order valence-corrected chi connectivity index (χ2v) is 9.98. The summed E-state index contributed by atoms with van der Waals surface area (Å²) in [6.07, 6.45) is 0. The van der Waals surface area contributed by atoms with Crippen molar-refractivity contribution in [1.82, 2.24) is 14.4 Å². The smallest absolute Gasteiger partial charge is 0.268 e. The molecule has 0 saturated heterocycles. The summed E-state index contributed by atoms with van der Waals surface area (Å²) in [5.74, 6) is 0.0244. The van der Waals surface area contributed by atoms with Gasteiger partial charge < -0.3 is 4.52 Å². The highest BCUT2D eigenvalue weighted by Crippen LogP contribution is 2.35. The number of benzene rings is 2. The second-order valence-electron chi connectivity index (χ2n) is 6.71. The fraction of sp³-hybridized carbons (Fsp3) is 0.143.